The molecule has 0 aliphatic rings. The molecular weight excluding hydrogens is 405 g/mol. The van der Waals surface area contributed by atoms with Gasteiger partial charge >= 0.3 is 0 Å². The summed E-state index contributed by atoms with van der Waals surface area (Å²) in [7, 11) is 0. The first-order valence-corrected chi connectivity index (χ1v) is 8.57. The Hall–Kier alpha value is -3.72. The third-order valence-corrected chi connectivity index (χ3v) is 4.17. The average molecular weight is 418 g/mol. The number of nitro benzene ring substituents is 1. The van der Waals surface area contributed by atoms with Gasteiger partial charge in [0.1, 0.15) is 18.0 Å². The van der Waals surface area contributed by atoms with Crippen molar-refractivity contribution in [1.82, 2.24) is 4.73 Å². The van der Waals surface area contributed by atoms with E-state index in [1.54, 1.807) is 0 Å². The Labute approximate surface area is 168 Å². The first-order chi connectivity index (χ1) is 13.8. The molecule has 3 rings (SSSR count). The zero-order valence-corrected chi connectivity index (χ0v) is 15.4. The van der Waals surface area contributed by atoms with Crippen LogP contribution in [0.15, 0.2) is 65.6 Å². The number of anilines is 1. The molecule has 0 atom stereocenters. The molecule has 0 fully saturated rings. The van der Waals surface area contributed by atoms with Crippen molar-refractivity contribution in [2.24, 2.45) is 0 Å². The van der Waals surface area contributed by atoms with Crippen LogP contribution in [0, 0.1) is 15.9 Å². The highest BCUT2D eigenvalue weighted by atomic mass is 35.5. The third kappa shape index (κ3) is 4.77. The number of nitrogens with one attached hydrogen (secondary N) is 1. The molecule has 1 heterocycles. The van der Waals surface area contributed by atoms with E-state index in [2.05, 4.69) is 5.32 Å². The van der Waals surface area contributed by atoms with Crippen LogP contribution in [0.2, 0.25) is 5.02 Å². The first-order valence-electron chi connectivity index (χ1n) is 8.20. The van der Waals surface area contributed by atoms with E-state index in [1.165, 1.54) is 54.7 Å². The molecule has 0 saturated heterocycles. The number of pyridine rings is 1. The smallest absolute Gasteiger partial charge is 0.295 e. The Morgan fingerprint density at radius 3 is 2.59 bits per heavy atom. The summed E-state index contributed by atoms with van der Waals surface area (Å²) < 4.78 is 13.8. The van der Waals surface area contributed by atoms with E-state index in [4.69, 9.17) is 16.4 Å². The highest BCUT2D eigenvalue weighted by Crippen LogP contribution is 2.26. The zero-order chi connectivity index (χ0) is 21.0. The monoisotopic (exact) mass is 417 g/mol. The van der Waals surface area contributed by atoms with E-state index >= 15 is 0 Å². The number of carbonyl (C=O) groups excluding carboxylic acids is 1. The first kappa shape index (κ1) is 20.0. The number of carbonyl (C=O) groups is 1. The van der Waals surface area contributed by atoms with Gasteiger partial charge in [0.15, 0.2) is 0 Å². The van der Waals surface area contributed by atoms with Gasteiger partial charge in [0, 0.05) is 18.3 Å². The fourth-order valence-corrected chi connectivity index (χ4v) is 2.60. The minimum atomic E-state index is -0.759. The molecular formula is C19H13ClFN3O5. The van der Waals surface area contributed by atoms with Gasteiger partial charge < -0.3 is 10.2 Å². The van der Waals surface area contributed by atoms with E-state index in [-0.39, 0.29) is 28.6 Å². The lowest BCUT2D eigenvalue weighted by Gasteiger charge is -2.11. The SMILES string of the molecule is O=C(Nc1ccc([N+](=O)[O-])cc1Cl)c1cccn(OCc2ccc(F)cc2)c1=O. The van der Waals surface area contributed by atoms with Crippen molar-refractivity contribution in [2.75, 3.05) is 5.32 Å². The van der Waals surface area contributed by atoms with E-state index in [9.17, 15) is 24.1 Å². The number of hydrogen-bond donors (Lipinski definition) is 1. The van der Waals surface area contributed by atoms with Gasteiger partial charge in [-0.25, -0.2) is 4.39 Å². The number of nitro groups is 1. The molecule has 0 radical (unpaired) electrons. The van der Waals surface area contributed by atoms with E-state index in [1.807, 2.05) is 0 Å². The molecule has 0 bridgehead atoms. The maximum absolute atomic E-state index is 12.9. The molecule has 0 aliphatic carbocycles. The van der Waals surface area contributed by atoms with Crippen molar-refractivity contribution in [3.63, 3.8) is 0 Å². The zero-order valence-electron chi connectivity index (χ0n) is 14.7. The number of nitrogens with zero attached hydrogens (tertiary/aromatic N) is 2. The average Bonchev–Trinajstić information content (AvgIpc) is 2.69. The number of hydrogen-bond acceptors (Lipinski definition) is 5. The molecule has 0 unspecified atom stereocenters. The van der Waals surface area contributed by atoms with Crippen LogP contribution in [0.25, 0.3) is 0 Å². The predicted molar refractivity (Wildman–Crippen MR) is 103 cm³/mol. The molecule has 0 saturated carbocycles. The predicted octanol–water partition coefficient (Wildman–Crippen LogP) is 3.43. The van der Waals surface area contributed by atoms with Crippen LogP contribution in [-0.4, -0.2) is 15.6 Å². The summed E-state index contributed by atoms with van der Waals surface area (Å²) in [6, 6.07) is 11.8. The van der Waals surface area contributed by atoms with Gasteiger partial charge in [-0.15, -0.1) is 0 Å². The van der Waals surface area contributed by atoms with Crippen LogP contribution in [0.4, 0.5) is 15.8 Å². The van der Waals surface area contributed by atoms with Crippen molar-refractivity contribution in [2.45, 2.75) is 6.61 Å². The molecule has 3 aromatic rings. The minimum absolute atomic E-state index is 0.0144. The molecule has 1 amide bonds. The van der Waals surface area contributed by atoms with Crippen molar-refractivity contribution < 1.29 is 18.9 Å². The highest BCUT2D eigenvalue weighted by molar-refractivity contribution is 6.34. The van der Waals surface area contributed by atoms with Gasteiger partial charge in [-0.1, -0.05) is 23.7 Å². The minimum Gasteiger partial charge on any atom is -0.406 e. The summed E-state index contributed by atoms with van der Waals surface area (Å²) in [6.45, 7) is -0.0144. The van der Waals surface area contributed by atoms with Crippen LogP contribution < -0.4 is 15.7 Å². The molecule has 10 heteroatoms. The van der Waals surface area contributed by atoms with Gasteiger partial charge in [0.25, 0.3) is 17.2 Å². The third-order valence-electron chi connectivity index (χ3n) is 3.85. The summed E-state index contributed by atoms with van der Waals surface area (Å²) >= 11 is 5.95. The van der Waals surface area contributed by atoms with Crippen LogP contribution in [0.3, 0.4) is 0 Å². The van der Waals surface area contributed by atoms with Gasteiger partial charge in [0.2, 0.25) is 0 Å². The molecule has 0 aliphatic heterocycles. The van der Waals surface area contributed by atoms with Crippen LogP contribution in [0.1, 0.15) is 15.9 Å². The molecule has 2 aromatic carbocycles. The van der Waals surface area contributed by atoms with Crippen molar-refractivity contribution in [1.29, 1.82) is 0 Å². The standard InChI is InChI=1S/C19H13ClFN3O5/c20-16-10-14(24(27)28)7-8-17(16)22-18(25)15-2-1-9-23(19(15)26)29-11-12-3-5-13(21)6-4-12/h1-10H,11H2,(H,22,25). The quantitative estimate of drug-likeness (QED) is 0.489. The van der Waals surface area contributed by atoms with Crippen molar-refractivity contribution >= 4 is 28.9 Å². The molecule has 29 heavy (non-hydrogen) atoms. The Morgan fingerprint density at radius 1 is 1.21 bits per heavy atom. The number of amides is 1. The fourth-order valence-electron chi connectivity index (χ4n) is 2.38. The Bertz CT molecular complexity index is 1130. The second-order valence-electron chi connectivity index (χ2n) is 5.83. The van der Waals surface area contributed by atoms with Crippen LogP contribution in [0.5, 0.6) is 0 Å². The normalized spacial score (nSPS) is 10.4. The van der Waals surface area contributed by atoms with E-state index in [0.29, 0.717) is 5.56 Å². The Balaban J connectivity index is 1.76. The largest absolute Gasteiger partial charge is 0.406 e. The number of aromatic nitrogens is 1. The maximum Gasteiger partial charge on any atom is 0.295 e. The van der Waals surface area contributed by atoms with Gasteiger partial charge in [-0.3, -0.25) is 19.7 Å². The summed E-state index contributed by atoms with van der Waals surface area (Å²) in [5.41, 5.74) is -0.425. The topological polar surface area (TPSA) is 103 Å². The van der Waals surface area contributed by atoms with Crippen molar-refractivity contribution in [3.8, 4) is 0 Å². The molecule has 8 nitrogen and oxygen atoms in total. The number of halogens is 2. The lowest BCUT2D eigenvalue weighted by molar-refractivity contribution is -0.384. The molecule has 0 spiro atoms. The summed E-state index contributed by atoms with van der Waals surface area (Å²) in [4.78, 5) is 40.5. The van der Waals surface area contributed by atoms with Crippen LogP contribution >= 0.6 is 11.6 Å². The second kappa shape index (κ2) is 8.53. The number of non-ortho nitro benzene ring substituents is 1. The lowest BCUT2D eigenvalue weighted by Crippen LogP contribution is -2.32. The second-order valence-corrected chi connectivity index (χ2v) is 6.24. The maximum atomic E-state index is 12.9. The number of benzene rings is 2. The van der Waals surface area contributed by atoms with Crippen LogP contribution in [-0.2, 0) is 6.61 Å². The summed E-state index contributed by atoms with van der Waals surface area (Å²) in [5, 5.41) is 13.1. The Kier molecular flexibility index (Phi) is 5.89. The van der Waals surface area contributed by atoms with E-state index < -0.39 is 22.2 Å². The van der Waals surface area contributed by atoms with Gasteiger partial charge in [-0.05, 0) is 35.9 Å². The van der Waals surface area contributed by atoms with Gasteiger partial charge in [-0.2, -0.15) is 4.73 Å². The summed E-state index contributed by atoms with van der Waals surface area (Å²) in [6.07, 6.45) is 1.33. The Morgan fingerprint density at radius 2 is 1.93 bits per heavy atom. The fraction of sp³-hybridized carbons (Fsp3) is 0.0526. The number of rotatable bonds is 6. The highest BCUT2D eigenvalue weighted by Gasteiger charge is 2.16. The van der Waals surface area contributed by atoms with Gasteiger partial charge in [0.05, 0.1) is 15.6 Å². The molecule has 1 aromatic heterocycles. The molecule has 148 valence electrons. The molecule has 1 N–H and O–H groups in total. The van der Waals surface area contributed by atoms with E-state index in [0.717, 1.165) is 10.8 Å². The summed E-state index contributed by atoms with van der Waals surface area (Å²) in [5.74, 6) is -1.15. The van der Waals surface area contributed by atoms with Crippen molar-refractivity contribution in [3.05, 3.63) is 103 Å². The lowest BCUT2D eigenvalue weighted by atomic mass is 10.2.